The maximum atomic E-state index is 14.4. The van der Waals surface area contributed by atoms with Crippen LogP contribution in [0.2, 0.25) is 0 Å². The highest BCUT2D eigenvalue weighted by Gasteiger charge is 2.20. The van der Waals surface area contributed by atoms with Crippen LogP contribution in [0.1, 0.15) is 21.5 Å². The molecule has 29 heavy (non-hydrogen) atoms. The minimum atomic E-state index is -1.25. The van der Waals surface area contributed by atoms with E-state index in [4.69, 9.17) is 0 Å². The zero-order valence-corrected chi connectivity index (χ0v) is 15.9. The van der Waals surface area contributed by atoms with Gasteiger partial charge in [0, 0.05) is 19.3 Å². The number of hydrogen-bond donors (Lipinski definition) is 3. The van der Waals surface area contributed by atoms with E-state index in [-0.39, 0.29) is 17.8 Å². The van der Waals surface area contributed by atoms with Crippen molar-refractivity contribution in [3.63, 3.8) is 0 Å². The lowest BCUT2D eigenvalue weighted by Gasteiger charge is -2.15. The van der Waals surface area contributed by atoms with Gasteiger partial charge in [0.2, 0.25) is 0 Å². The van der Waals surface area contributed by atoms with Gasteiger partial charge in [-0.1, -0.05) is 18.2 Å². The van der Waals surface area contributed by atoms with E-state index in [1.807, 2.05) is 24.3 Å². The van der Waals surface area contributed by atoms with E-state index in [1.54, 1.807) is 20.0 Å². The Morgan fingerprint density at radius 1 is 0.931 bits per heavy atom. The van der Waals surface area contributed by atoms with E-state index >= 15 is 0 Å². The molecule has 1 amide bonds. The van der Waals surface area contributed by atoms with Gasteiger partial charge in [-0.3, -0.25) is 4.79 Å². The summed E-state index contributed by atoms with van der Waals surface area (Å²) in [5, 5.41) is 8.17. The van der Waals surface area contributed by atoms with Gasteiger partial charge in [0.15, 0.2) is 11.6 Å². The molecule has 7 heteroatoms. The number of hydrogen-bond acceptors (Lipinski definition) is 3. The fourth-order valence-electron chi connectivity index (χ4n) is 2.79. The number of aryl methyl sites for hydroxylation is 1. The molecule has 3 aromatic carbocycles. The van der Waals surface area contributed by atoms with Gasteiger partial charge in [-0.2, -0.15) is 0 Å². The fraction of sp³-hybridized carbons (Fsp3) is 0.136. The van der Waals surface area contributed by atoms with Crippen molar-refractivity contribution in [2.75, 3.05) is 17.7 Å². The standard InChI is InChI=1S/C22H20F3N3O/c1-13-3-10-19(18(24)11-13)28-21-16(8-9-17(23)20(21)25)22(29)27-12-14-4-6-15(26-2)7-5-14/h3-11,26,28H,12H2,1-2H3,(H,27,29). The lowest BCUT2D eigenvalue weighted by atomic mass is 10.1. The second-order valence-corrected chi connectivity index (χ2v) is 6.52. The quantitative estimate of drug-likeness (QED) is 0.539. The molecule has 3 N–H and O–H groups in total. The average molecular weight is 399 g/mol. The van der Waals surface area contributed by atoms with Gasteiger partial charge in [-0.15, -0.1) is 0 Å². The maximum absolute atomic E-state index is 14.4. The molecular formula is C22H20F3N3O. The highest BCUT2D eigenvalue weighted by atomic mass is 19.2. The van der Waals surface area contributed by atoms with Crippen LogP contribution in [-0.4, -0.2) is 13.0 Å². The topological polar surface area (TPSA) is 53.2 Å². The zero-order valence-electron chi connectivity index (χ0n) is 15.9. The molecule has 0 saturated heterocycles. The van der Waals surface area contributed by atoms with Crippen LogP contribution in [0.4, 0.5) is 30.2 Å². The molecule has 0 aliphatic rings. The molecule has 0 saturated carbocycles. The van der Waals surface area contributed by atoms with Gasteiger partial charge >= 0.3 is 0 Å². The SMILES string of the molecule is CNc1ccc(CNC(=O)c2ccc(F)c(F)c2Nc2ccc(C)cc2F)cc1. The minimum Gasteiger partial charge on any atom is -0.388 e. The van der Waals surface area contributed by atoms with E-state index in [0.29, 0.717) is 5.56 Å². The van der Waals surface area contributed by atoms with Gasteiger partial charge < -0.3 is 16.0 Å². The van der Waals surface area contributed by atoms with E-state index in [1.165, 1.54) is 12.1 Å². The maximum Gasteiger partial charge on any atom is 0.253 e. The third kappa shape index (κ3) is 4.68. The Hall–Kier alpha value is -3.48. The third-order valence-electron chi connectivity index (χ3n) is 4.42. The summed E-state index contributed by atoms with van der Waals surface area (Å²) in [6.45, 7) is 1.90. The van der Waals surface area contributed by atoms with Crippen LogP contribution in [0.25, 0.3) is 0 Å². The Kier molecular flexibility index (Phi) is 6.07. The molecule has 0 spiro atoms. The van der Waals surface area contributed by atoms with Crippen LogP contribution < -0.4 is 16.0 Å². The van der Waals surface area contributed by atoms with E-state index in [9.17, 15) is 18.0 Å². The zero-order chi connectivity index (χ0) is 21.0. The molecule has 3 rings (SSSR count). The number of halogens is 3. The molecule has 0 fully saturated rings. The van der Waals surface area contributed by atoms with Crippen LogP contribution in [0.15, 0.2) is 54.6 Å². The molecule has 0 aromatic heterocycles. The predicted molar refractivity (Wildman–Crippen MR) is 108 cm³/mol. The number of amides is 1. The molecule has 0 heterocycles. The summed E-state index contributed by atoms with van der Waals surface area (Å²) in [6.07, 6.45) is 0. The Morgan fingerprint density at radius 3 is 2.31 bits per heavy atom. The van der Waals surface area contributed by atoms with Crippen LogP contribution in [0, 0.1) is 24.4 Å². The smallest absolute Gasteiger partial charge is 0.253 e. The Labute approximate surface area is 166 Å². The van der Waals surface area contributed by atoms with Gasteiger partial charge in [0.25, 0.3) is 5.91 Å². The van der Waals surface area contributed by atoms with E-state index < -0.39 is 29.0 Å². The van der Waals surface area contributed by atoms with Gasteiger partial charge in [0.1, 0.15) is 5.82 Å². The molecule has 0 radical (unpaired) electrons. The minimum absolute atomic E-state index is 0.0585. The van der Waals surface area contributed by atoms with Gasteiger partial charge in [-0.05, 0) is 54.4 Å². The van der Waals surface area contributed by atoms with Crippen LogP contribution in [0.3, 0.4) is 0 Å². The number of rotatable bonds is 6. The third-order valence-corrected chi connectivity index (χ3v) is 4.42. The summed E-state index contributed by atoms with van der Waals surface area (Å²) in [7, 11) is 1.80. The Morgan fingerprint density at radius 2 is 1.66 bits per heavy atom. The number of benzene rings is 3. The van der Waals surface area contributed by atoms with Crippen molar-refractivity contribution >= 4 is 23.0 Å². The number of nitrogens with one attached hydrogen (secondary N) is 3. The van der Waals surface area contributed by atoms with Crippen molar-refractivity contribution in [3.05, 3.63) is 88.7 Å². The lowest BCUT2D eigenvalue weighted by molar-refractivity contribution is 0.0951. The molecule has 4 nitrogen and oxygen atoms in total. The summed E-state index contributed by atoms with van der Waals surface area (Å²) in [5.41, 5.74) is 1.82. The Balaban J connectivity index is 1.84. The Bertz CT molecular complexity index is 1040. The number of anilines is 3. The molecule has 0 unspecified atom stereocenters. The number of carbonyl (C=O) groups is 1. The van der Waals surface area contributed by atoms with Crippen molar-refractivity contribution in [1.82, 2.24) is 5.32 Å². The van der Waals surface area contributed by atoms with Crippen molar-refractivity contribution in [2.24, 2.45) is 0 Å². The van der Waals surface area contributed by atoms with Gasteiger partial charge in [0.05, 0.1) is 16.9 Å². The van der Waals surface area contributed by atoms with Crippen molar-refractivity contribution in [2.45, 2.75) is 13.5 Å². The van der Waals surface area contributed by atoms with E-state index in [0.717, 1.165) is 23.4 Å². The van der Waals surface area contributed by atoms with Crippen LogP contribution in [0.5, 0.6) is 0 Å². The summed E-state index contributed by atoms with van der Waals surface area (Å²) in [6, 6.07) is 13.7. The second-order valence-electron chi connectivity index (χ2n) is 6.52. The van der Waals surface area contributed by atoms with E-state index in [2.05, 4.69) is 16.0 Å². The second kappa shape index (κ2) is 8.68. The molecule has 3 aromatic rings. The van der Waals surface area contributed by atoms with Crippen molar-refractivity contribution < 1.29 is 18.0 Å². The highest BCUT2D eigenvalue weighted by molar-refractivity contribution is 6.00. The first-order chi connectivity index (χ1) is 13.9. The lowest BCUT2D eigenvalue weighted by Crippen LogP contribution is -2.24. The first-order valence-corrected chi connectivity index (χ1v) is 8.95. The molecule has 0 atom stereocenters. The number of carbonyl (C=O) groups excluding carboxylic acids is 1. The largest absolute Gasteiger partial charge is 0.388 e. The van der Waals surface area contributed by atoms with Crippen molar-refractivity contribution in [3.8, 4) is 0 Å². The first kappa shape index (κ1) is 20.3. The predicted octanol–water partition coefficient (Wildman–Crippen LogP) is 5.13. The molecule has 0 bridgehead atoms. The van der Waals surface area contributed by atoms with Crippen molar-refractivity contribution in [1.29, 1.82) is 0 Å². The normalized spacial score (nSPS) is 10.5. The monoisotopic (exact) mass is 399 g/mol. The van der Waals surface area contributed by atoms with Gasteiger partial charge in [-0.25, -0.2) is 13.2 Å². The molecule has 150 valence electrons. The van der Waals surface area contributed by atoms with Crippen LogP contribution >= 0.6 is 0 Å². The van der Waals surface area contributed by atoms with Crippen LogP contribution in [-0.2, 0) is 6.54 Å². The molecule has 0 aliphatic heterocycles. The average Bonchev–Trinajstić information content (AvgIpc) is 2.72. The summed E-state index contributed by atoms with van der Waals surface area (Å²) < 4.78 is 42.3. The highest BCUT2D eigenvalue weighted by Crippen LogP contribution is 2.28. The molecular weight excluding hydrogens is 379 g/mol. The summed E-state index contributed by atoms with van der Waals surface area (Å²) in [5.74, 6) is -3.64. The fourth-order valence-corrected chi connectivity index (χ4v) is 2.79. The summed E-state index contributed by atoms with van der Waals surface area (Å²) in [4.78, 5) is 12.6. The molecule has 0 aliphatic carbocycles. The first-order valence-electron chi connectivity index (χ1n) is 8.95. The summed E-state index contributed by atoms with van der Waals surface area (Å²) >= 11 is 0.